The number of unbranched alkanes of at least 4 members (excludes halogenated alkanes) is 1. The van der Waals surface area contributed by atoms with Crippen molar-refractivity contribution in [1.29, 1.82) is 0 Å². The molecule has 5 aromatic rings. The predicted octanol–water partition coefficient (Wildman–Crippen LogP) is 9.76. The Morgan fingerprint density at radius 3 is 2.29 bits per heavy atom. The molecule has 0 saturated carbocycles. The SMILES string of the molecule is CCCCC(CC)Cn1c2ccc(/C(=N\OC(C)=O)c3ccc(OCC(C)(F)C(F)F)cc3)cc2c2cc([N+](=O)[O-])c3ccccc3c21. The van der Waals surface area contributed by atoms with Gasteiger partial charge in [-0.25, -0.2) is 18.0 Å². The Morgan fingerprint density at radius 1 is 0.979 bits per heavy atom. The van der Waals surface area contributed by atoms with Crippen LogP contribution in [0.2, 0.25) is 0 Å². The van der Waals surface area contributed by atoms with E-state index in [1.807, 2.05) is 30.3 Å². The van der Waals surface area contributed by atoms with E-state index in [1.54, 1.807) is 30.3 Å². The van der Waals surface area contributed by atoms with Gasteiger partial charge in [-0.2, -0.15) is 0 Å². The van der Waals surface area contributed by atoms with E-state index in [0.29, 0.717) is 27.8 Å². The molecule has 1 aromatic heterocycles. The zero-order valence-corrected chi connectivity index (χ0v) is 27.3. The lowest BCUT2D eigenvalue weighted by Crippen LogP contribution is -2.35. The Hall–Kier alpha value is -4.93. The van der Waals surface area contributed by atoms with Gasteiger partial charge in [0.25, 0.3) is 12.1 Å². The van der Waals surface area contributed by atoms with Crippen molar-refractivity contribution in [3.63, 3.8) is 0 Å². The van der Waals surface area contributed by atoms with Crippen molar-refractivity contribution in [1.82, 2.24) is 4.57 Å². The maximum atomic E-state index is 14.1. The summed E-state index contributed by atoms with van der Waals surface area (Å²) < 4.78 is 47.5. The zero-order valence-electron chi connectivity index (χ0n) is 27.3. The Labute approximate surface area is 276 Å². The van der Waals surface area contributed by atoms with Crippen molar-refractivity contribution in [2.45, 2.75) is 72.0 Å². The standard InChI is InChI=1S/C37H38F3N3O5/c1-5-7-10-24(6-2)21-42-32-18-15-26(19-30(32)31-20-33(43(45)46)28-11-8-9-12-29(28)35(31)42)34(41-48-23(3)44)25-13-16-27(17-14-25)47-22-37(4,40)36(38)39/h8-9,11-20,24,36H,5-7,10,21-22H2,1-4H3/b41-34-. The highest BCUT2D eigenvalue weighted by Crippen LogP contribution is 2.40. The maximum Gasteiger partial charge on any atom is 0.332 e. The van der Waals surface area contributed by atoms with Gasteiger partial charge < -0.3 is 14.1 Å². The number of aromatic nitrogens is 1. The van der Waals surface area contributed by atoms with Crippen LogP contribution >= 0.6 is 0 Å². The molecule has 0 N–H and O–H groups in total. The molecule has 0 aliphatic rings. The van der Waals surface area contributed by atoms with E-state index in [-0.39, 0.29) is 22.1 Å². The van der Waals surface area contributed by atoms with Crippen LogP contribution in [0.3, 0.4) is 0 Å². The van der Waals surface area contributed by atoms with Crippen LogP contribution in [0.4, 0.5) is 18.9 Å². The van der Waals surface area contributed by atoms with Crippen LogP contribution in [0.5, 0.6) is 5.75 Å². The first-order valence-electron chi connectivity index (χ1n) is 16.0. The predicted molar refractivity (Wildman–Crippen MR) is 182 cm³/mol. The number of hydrogen-bond acceptors (Lipinski definition) is 6. The number of non-ortho nitro benzene ring substituents is 1. The Bertz CT molecular complexity index is 1990. The summed E-state index contributed by atoms with van der Waals surface area (Å²) in [6.07, 6.45) is 1.03. The van der Waals surface area contributed by atoms with Gasteiger partial charge in [0.05, 0.1) is 15.8 Å². The lowest BCUT2D eigenvalue weighted by molar-refractivity contribution is -0.382. The highest BCUT2D eigenvalue weighted by Gasteiger charge is 2.36. The van der Waals surface area contributed by atoms with Gasteiger partial charge in [-0.05, 0) is 61.7 Å². The molecule has 4 aromatic carbocycles. The van der Waals surface area contributed by atoms with Gasteiger partial charge in [0.1, 0.15) is 18.1 Å². The lowest BCUT2D eigenvalue weighted by Gasteiger charge is -2.19. The highest BCUT2D eigenvalue weighted by atomic mass is 19.3. The van der Waals surface area contributed by atoms with Crippen LogP contribution < -0.4 is 4.74 Å². The molecule has 252 valence electrons. The number of benzene rings is 4. The van der Waals surface area contributed by atoms with Crippen molar-refractivity contribution >= 4 is 49.9 Å². The zero-order chi connectivity index (χ0) is 34.6. The number of alkyl halides is 3. The van der Waals surface area contributed by atoms with Crippen molar-refractivity contribution < 1.29 is 32.5 Å². The van der Waals surface area contributed by atoms with Crippen molar-refractivity contribution in [3.8, 4) is 5.75 Å². The quantitative estimate of drug-likeness (QED) is 0.0511. The van der Waals surface area contributed by atoms with Crippen LogP contribution in [-0.2, 0) is 16.2 Å². The number of halogens is 3. The summed E-state index contributed by atoms with van der Waals surface area (Å²) in [4.78, 5) is 28.8. The van der Waals surface area contributed by atoms with Crippen LogP contribution in [-0.4, -0.2) is 39.9 Å². The summed E-state index contributed by atoms with van der Waals surface area (Å²) >= 11 is 0. The lowest BCUT2D eigenvalue weighted by atomic mass is 9.99. The maximum absolute atomic E-state index is 14.1. The number of nitro groups is 1. The van der Waals surface area contributed by atoms with E-state index in [9.17, 15) is 28.1 Å². The van der Waals surface area contributed by atoms with E-state index in [2.05, 4.69) is 23.6 Å². The van der Waals surface area contributed by atoms with Crippen LogP contribution in [0.25, 0.3) is 32.6 Å². The number of hydrogen-bond donors (Lipinski definition) is 0. The molecule has 0 radical (unpaired) electrons. The largest absolute Gasteiger partial charge is 0.490 e. The molecular formula is C37H38F3N3O5. The number of fused-ring (bicyclic) bond motifs is 5. The average Bonchev–Trinajstić information content (AvgIpc) is 3.38. The number of carbonyl (C=O) groups is 1. The molecule has 0 bridgehead atoms. The molecule has 11 heteroatoms. The molecule has 2 atom stereocenters. The van der Waals surface area contributed by atoms with Crippen molar-refractivity contribution in [3.05, 3.63) is 94.0 Å². The molecular weight excluding hydrogens is 623 g/mol. The third-order valence-corrected chi connectivity index (χ3v) is 8.67. The molecule has 2 unspecified atom stereocenters. The number of ether oxygens (including phenoxy) is 1. The molecule has 5 rings (SSSR count). The fourth-order valence-electron chi connectivity index (χ4n) is 5.99. The second-order valence-corrected chi connectivity index (χ2v) is 12.3. The molecule has 0 spiro atoms. The first-order valence-corrected chi connectivity index (χ1v) is 16.0. The molecule has 8 nitrogen and oxygen atoms in total. The molecule has 1 heterocycles. The van der Waals surface area contributed by atoms with Crippen LogP contribution in [0.15, 0.2) is 78.0 Å². The van der Waals surface area contributed by atoms with E-state index in [1.165, 1.54) is 19.1 Å². The van der Waals surface area contributed by atoms with E-state index < -0.39 is 24.7 Å². The van der Waals surface area contributed by atoms with Gasteiger partial charge in [0.15, 0.2) is 0 Å². The summed E-state index contributed by atoms with van der Waals surface area (Å²) in [6.45, 7) is 6.24. The third kappa shape index (κ3) is 7.14. The minimum absolute atomic E-state index is 0.00110. The molecule has 48 heavy (non-hydrogen) atoms. The highest BCUT2D eigenvalue weighted by molar-refractivity contribution is 6.22. The smallest absolute Gasteiger partial charge is 0.332 e. The van der Waals surface area contributed by atoms with Crippen molar-refractivity contribution in [2.75, 3.05) is 6.61 Å². The number of rotatable bonds is 14. The van der Waals surface area contributed by atoms with Gasteiger partial charge in [-0.15, -0.1) is 0 Å². The monoisotopic (exact) mass is 661 g/mol. The third-order valence-electron chi connectivity index (χ3n) is 8.67. The number of nitrogens with zero attached hydrogens (tertiary/aromatic N) is 3. The minimum Gasteiger partial charge on any atom is -0.490 e. The Kier molecular flexibility index (Phi) is 10.4. The van der Waals surface area contributed by atoms with Gasteiger partial charge in [0, 0.05) is 52.3 Å². The Balaban J connectivity index is 1.67. The summed E-state index contributed by atoms with van der Waals surface area (Å²) in [6, 6.07) is 20.8. The first-order chi connectivity index (χ1) is 22.9. The minimum atomic E-state index is -3.20. The fourth-order valence-corrected chi connectivity index (χ4v) is 5.99. The number of nitro benzene ring substituents is 1. The second-order valence-electron chi connectivity index (χ2n) is 12.3. The number of carbonyl (C=O) groups excluding carboxylic acids is 1. The van der Waals surface area contributed by atoms with Gasteiger partial charge >= 0.3 is 5.97 Å². The first kappa shape index (κ1) is 34.4. The fraction of sp³-hybridized carbons (Fsp3) is 0.351. The van der Waals surface area contributed by atoms with E-state index >= 15 is 0 Å². The second kappa shape index (κ2) is 14.5. The van der Waals surface area contributed by atoms with Gasteiger partial charge in [-0.3, -0.25) is 10.1 Å². The number of oxime groups is 1. The van der Waals surface area contributed by atoms with Gasteiger partial charge in [-0.1, -0.05) is 62.5 Å². The normalized spacial score (nSPS) is 14.0. The summed E-state index contributed by atoms with van der Waals surface area (Å²) in [7, 11) is 0. The van der Waals surface area contributed by atoms with Crippen LogP contribution in [0.1, 0.15) is 64.5 Å². The Morgan fingerprint density at radius 2 is 1.67 bits per heavy atom. The van der Waals surface area contributed by atoms with Crippen LogP contribution in [0, 0.1) is 16.0 Å². The molecule has 0 fully saturated rings. The average molecular weight is 662 g/mol. The molecule has 0 aliphatic carbocycles. The van der Waals surface area contributed by atoms with E-state index in [4.69, 9.17) is 9.57 Å². The summed E-state index contributed by atoms with van der Waals surface area (Å²) in [5, 5.41) is 19.2. The molecule has 0 aliphatic heterocycles. The molecule has 0 amide bonds. The topological polar surface area (TPSA) is 96.0 Å². The summed E-state index contributed by atoms with van der Waals surface area (Å²) in [5.41, 5.74) is 0.348. The van der Waals surface area contributed by atoms with Crippen molar-refractivity contribution in [2.24, 2.45) is 11.1 Å². The summed E-state index contributed by atoms with van der Waals surface area (Å²) in [5.74, 6) is -0.0734. The molecule has 0 saturated heterocycles. The van der Waals surface area contributed by atoms with Gasteiger partial charge in [0.2, 0.25) is 5.67 Å². The van der Waals surface area contributed by atoms with E-state index in [0.717, 1.165) is 61.0 Å².